The second kappa shape index (κ2) is 5.03. The molecule has 0 spiro atoms. The smallest absolute Gasteiger partial charge is 0.446 e. The van der Waals surface area contributed by atoms with Crippen LogP contribution in [-0.4, -0.2) is 35.6 Å². The number of carbonyl (C=O) groups is 2. The molecule has 1 aliphatic rings. The number of ketones is 1. The van der Waals surface area contributed by atoms with E-state index in [1.807, 2.05) is 0 Å². The fraction of sp³-hybridized carbons (Fsp3) is 0.818. The van der Waals surface area contributed by atoms with Crippen LogP contribution in [0.2, 0.25) is 0 Å². The summed E-state index contributed by atoms with van der Waals surface area (Å²) in [5.41, 5.74) is -1.82. The van der Waals surface area contributed by atoms with Gasteiger partial charge < -0.3 is 4.74 Å². The molecule has 1 fully saturated rings. The Hall–Kier alpha value is -1.09. The van der Waals surface area contributed by atoms with Gasteiger partial charge in [0.15, 0.2) is 11.4 Å². The molecule has 0 aromatic heterocycles. The standard InChI is InChI=1S/C11H16F2O6S/c1-6-4-7(2)8(14)10(3,5-6)19-9(15)11(12,13)20(16,17)18/h6-7H,4-5H2,1-3H3,(H,16,17,18). The molecule has 1 saturated carbocycles. The fourth-order valence-electron chi connectivity index (χ4n) is 2.54. The molecule has 0 amide bonds. The first-order chi connectivity index (χ1) is 8.81. The van der Waals surface area contributed by atoms with E-state index in [2.05, 4.69) is 4.74 Å². The van der Waals surface area contributed by atoms with Crippen molar-refractivity contribution in [1.29, 1.82) is 0 Å². The lowest BCUT2D eigenvalue weighted by atomic mass is 9.73. The maximum atomic E-state index is 13.1. The van der Waals surface area contributed by atoms with Crippen LogP contribution in [-0.2, 0) is 24.4 Å². The summed E-state index contributed by atoms with van der Waals surface area (Å²) in [5.74, 6) is -3.54. The molecular weight excluding hydrogens is 298 g/mol. The second-order valence-electron chi connectivity index (χ2n) is 5.42. The van der Waals surface area contributed by atoms with Crippen molar-refractivity contribution >= 4 is 21.9 Å². The highest BCUT2D eigenvalue weighted by molar-refractivity contribution is 7.87. The summed E-state index contributed by atoms with van der Waals surface area (Å²) in [6.45, 7) is 4.50. The van der Waals surface area contributed by atoms with Gasteiger partial charge in [-0.25, -0.2) is 4.79 Å². The Morgan fingerprint density at radius 2 is 1.95 bits per heavy atom. The molecular formula is C11H16F2O6S. The molecule has 9 heteroatoms. The average molecular weight is 314 g/mol. The number of esters is 1. The maximum absolute atomic E-state index is 13.1. The fourth-order valence-corrected chi connectivity index (χ4v) is 2.79. The first-order valence-electron chi connectivity index (χ1n) is 5.94. The summed E-state index contributed by atoms with van der Waals surface area (Å²) in [5, 5.41) is -5.10. The molecule has 3 unspecified atom stereocenters. The van der Waals surface area contributed by atoms with Crippen molar-refractivity contribution < 1.29 is 36.1 Å². The highest BCUT2D eigenvalue weighted by Gasteiger charge is 2.57. The SMILES string of the molecule is CC1CC(C)C(=O)C(C)(OC(=O)C(F)(F)S(=O)(=O)O)C1. The van der Waals surface area contributed by atoms with E-state index in [1.165, 1.54) is 6.92 Å². The number of Topliss-reactive ketones (excluding diaryl/α,β-unsaturated/α-hetero) is 1. The van der Waals surface area contributed by atoms with Gasteiger partial charge in [-0.3, -0.25) is 9.35 Å². The molecule has 0 radical (unpaired) electrons. The lowest BCUT2D eigenvalue weighted by Gasteiger charge is -2.38. The normalized spacial score (nSPS) is 32.0. The molecule has 1 N–H and O–H groups in total. The van der Waals surface area contributed by atoms with Crippen LogP contribution in [0.5, 0.6) is 0 Å². The molecule has 0 bridgehead atoms. The average Bonchev–Trinajstić information content (AvgIpc) is 2.23. The number of alkyl halides is 2. The van der Waals surface area contributed by atoms with E-state index in [-0.39, 0.29) is 12.3 Å². The van der Waals surface area contributed by atoms with Crippen LogP contribution in [0.15, 0.2) is 0 Å². The van der Waals surface area contributed by atoms with Gasteiger partial charge in [-0.15, -0.1) is 0 Å². The third-order valence-corrected chi connectivity index (χ3v) is 4.16. The molecule has 116 valence electrons. The first kappa shape index (κ1) is 17.0. The number of rotatable bonds is 3. The molecule has 0 saturated heterocycles. The van der Waals surface area contributed by atoms with Crippen LogP contribution in [0, 0.1) is 11.8 Å². The van der Waals surface area contributed by atoms with Gasteiger partial charge in [0, 0.05) is 5.92 Å². The summed E-state index contributed by atoms with van der Waals surface area (Å²) in [4.78, 5) is 23.3. The van der Waals surface area contributed by atoms with E-state index < -0.39 is 38.6 Å². The number of halogens is 2. The van der Waals surface area contributed by atoms with Gasteiger partial charge in [-0.05, 0) is 25.7 Å². The van der Waals surface area contributed by atoms with Gasteiger partial charge >= 0.3 is 21.3 Å². The van der Waals surface area contributed by atoms with Gasteiger partial charge in [-0.1, -0.05) is 13.8 Å². The first-order valence-corrected chi connectivity index (χ1v) is 7.38. The summed E-state index contributed by atoms with van der Waals surface area (Å²) in [6.07, 6.45) is 0.546. The van der Waals surface area contributed by atoms with Crippen molar-refractivity contribution in [2.24, 2.45) is 11.8 Å². The summed E-state index contributed by atoms with van der Waals surface area (Å²) < 4.78 is 60.0. The van der Waals surface area contributed by atoms with E-state index >= 15 is 0 Å². The molecule has 20 heavy (non-hydrogen) atoms. The molecule has 0 aromatic carbocycles. The van der Waals surface area contributed by atoms with E-state index in [9.17, 15) is 26.8 Å². The third-order valence-electron chi connectivity index (χ3n) is 3.34. The van der Waals surface area contributed by atoms with Crippen molar-refractivity contribution in [3.8, 4) is 0 Å². The predicted octanol–water partition coefficient (Wildman–Crippen LogP) is 1.40. The zero-order valence-corrected chi connectivity index (χ0v) is 12.0. The van der Waals surface area contributed by atoms with E-state index in [1.54, 1.807) is 13.8 Å². The van der Waals surface area contributed by atoms with Gasteiger partial charge in [0.25, 0.3) is 0 Å². The molecule has 0 heterocycles. The molecule has 1 rings (SSSR count). The van der Waals surface area contributed by atoms with Crippen molar-refractivity contribution in [3.63, 3.8) is 0 Å². The van der Waals surface area contributed by atoms with Crippen molar-refractivity contribution in [1.82, 2.24) is 0 Å². The van der Waals surface area contributed by atoms with E-state index in [0.717, 1.165) is 0 Å². The zero-order valence-electron chi connectivity index (χ0n) is 11.2. The van der Waals surface area contributed by atoms with Gasteiger partial charge in [-0.2, -0.15) is 17.2 Å². The van der Waals surface area contributed by atoms with Crippen LogP contribution in [0.3, 0.4) is 0 Å². The Labute approximate surface area is 115 Å². The van der Waals surface area contributed by atoms with E-state index in [0.29, 0.717) is 6.42 Å². The van der Waals surface area contributed by atoms with E-state index in [4.69, 9.17) is 4.55 Å². The minimum absolute atomic E-state index is 0.0173. The maximum Gasteiger partial charge on any atom is 0.465 e. The third kappa shape index (κ3) is 2.98. The quantitative estimate of drug-likeness (QED) is 0.624. The monoisotopic (exact) mass is 314 g/mol. The topological polar surface area (TPSA) is 97.7 Å². The summed E-state index contributed by atoms with van der Waals surface area (Å²) >= 11 is 0. The van der Waals surface area contributed by atoms with Crippen LogP contribution < -0.4 is 0 Å². The van der Waals surface area contributed by atoms with Crippen LogP contribution >= 0.6 is 0 Å². The Balaban J connectivity index is 3.02. The largest absolute Gasteiger partial charge is 0.465 e. The minimum atomic E-state index is -5.94. The lowest BCUT2D eigenvalue weighted by Crippen LogP contribution is -2.52. The number of carbonyl (C=O) groups excluding carboxylic acids is 2. The number of ether oxygens (including phenoxy) is 1. The van der Waals surface area contributed by atoms with Gasteiger partial charge in [0.2, 0.25) is 0 Å². The Morgan fingerprint density at radius 3 is 2.40 bits per heavy atom. The highest BCUT2D eigenvalue weighted by Crippen LogP contribution is 2.37. The number of hydrogen-bond acceptors (Lipinski definition) is 5. The molecule has 6 nitrogen and oxygen atoms in total. The molecule has 0 aliphatic heterocycles. The van der Waals surface area contributed by atoms with Crippen molar-refractivity contribution in [2.75, 3.05) is 0 Å². The molecule has 0 aromatic rings. The number of hydrogen-bond donors (Lipinski definition) is 1. The van der Waals surface area contributed by atoms with Gasteiger partial charge in [0.1, 0.15) is 0 Å². The molecule has 3 atom stereocenters. The second-order valence-corrected chi connectivity index (χ2v) is 6.89. The molecule has 1 aliphatic carbocycles. The Morgan fingerprint density at radius 1 is 1.45 bits per heavy atom. The van der Waals surface area contributed by atoms with Crippen molar-refractivity contribution in [2.45, 2.75) is 44.5 Å². The van der Waals surface area contributed by atoms with Crippen LogP contribution in [0.1, 0.15) is 33.6 Å². The predicted molar refractivity (Wildman–Crippen MR) is 63.6 cm³/mol. The van der Waals surface area contributed by atoms with Crippen LogP contribution in [0.25, 0.3) is 0 Å². The minimum Gasteiger partial charge on any atom is -0.446 e. The Bertz CT molecular complexity index is 529. The highest BCUT2D eigenvalue weighted by atomic mass is 32.2. The summed E-state index contributed by atoms with van der Waals surface area (Å²) in [7, 11) is -5.94. The zero-order chi connectivity index (χ0) is 15.9. The van der Waals surface area contributed by atoms with Crippen molar-refractivity contribution in [3.05, 3.63) is 0 Å². The van der Waals surface area contributed by atoms with Crippen LogP contribution in [0.4, 0.5) is 8.78 Å². The Kier molecular flexibility index (Phi) is 4.27. The van der Waals surface area contributed by atoms with Gasteiger partial charge in [0.05, 0.1) is 0 Å². The lowest BCUT2D eigenvalue weighted by molar-refractivity contribution is -0.185. The summed E-state index contributed by atoms with van der Waals surface area (Å²) in [6, 6.07) is 0.